The van der Waals surface area contributed by atoms with E-state index in [-0.39, 0.29) is 17.4 Å². The number of carbonyl (C=O) groups excluding carboxylic acids is 1. The fourth-order valence-electron chi connectivity index (χ4n) is 1.13. The summed E-state index contributed by atoms with van der Waals surface area (Å²) in [6, 6.07) is -0.372. The van der Waals surface area contributed by atoms with E-state index in [0.717, 1.165) is 0 Å². The highest BCUT2D eigenvalue weighted by molar-refractivity contribution is 6.21. The molecule has 0 aromatic carbocycles. The number of ether oxygens (including phenoxy) is 1. The molecule has 0 heterocycles. The van der Waals surface area contributed by atoms with E-state index in [1.807, 2.05) is 20.8 Å². The van der Waals surface area contributed by atoms with Crippen LogP contribution in [0.5, 0.6) is 0 Å². The van der Waals surface area contributed by atoms with Crippen LogP contribution in [0.1, 0.15) is 20.8 Å². The van der Waals surface area contributed by atoms with Gasteiger partial charge in [0.1, 0.15) is 6.04 Å². The smallest absolute Gasteiger partial charge is 0.325 e. The maximum Gasteiger partial charge on any atom is 0.325 e. The number of alkyl halides is 1. The molecule has 0 fully saturated rings. The van der Waals surface area contributed by atoms with Crippen LogP contribution >= 0.6 is 11.6 Å². The van der Waals surface area contributed by atoms with Gasteiger partial charge in [-0.3, -0.25) is 4.79 Å². The van der Waals surface area contributed by atoms with Crippen LogP contribution < -0.4 is 5.32 Å². The number of carbonyl (C=O) groups is 1. The Morgan fingerprint density at radius 2 is 2.07 bits per heavy atom. The van der Waals surface area contributed by atoms with E-state index in [4.69, 9.17) is 16.3 Å². The van der Waals surface area contributed by atoms with Crippen molar-refractivity contribution in [3.63, 3.8) is 0 Å². The third-order valence-electron chi connectivity index (χ3n) is 1.80. The van der Waals surface area contributed by atoms with Crippen LogP contribution in [0.3, 0.4) is 0 Å². The summed E-state index contributed by atoms with van der Waals surface area (Å²) in [5, 5.41) is 2.90. The molecule has 0 rings (SSSR count). The van der Waals surface area contributed by atoms with Crippen LogP contribution in [0.2, 0.25) is 0 Å². The lowest BCUT2D eigenvalue weighted by atomic mass is 9.87. The standard InChI is InChI=1S/C10H18ClNO2/c1-6-7(11)14-9(13)8(12-5)10(2,3)4/h6-8,12H,1H2,2-5H3. The molecule has 0 saturated carbocycles. The number of halogens is 1. The number of hydrogen-bond donors (Lipinski definition) is 1. The lowest BCUT2D eigenvalue weighted by Gasteiger charge is -2.28. The van der Waals surface area contributed by atoms with Crippen molar-refractivity contribution in [1.29, 1.82) is 0 Å². The Balaban J connectivity index is 4.40. The molecule has 0 aromatic rings. The lowest BCUT2D eigenvalue weighted by Crippen LogP contribution is -2.46. The molecule has 0 aromatic heterocycles. The van der Waals surface area contributed by atoms with Gasteiger partial charge in [-0.25, -0.2) is 0 Å². The van der Waals surface area contributed by atoms with Gasteiger partial charge in [0.05, 0.1) is 0 Å². The Hall–Kier alpha value is -0.540. The molecule has 0 aliphatic rings. The summed E-state index contributed by atoms with van der Waals surface area (Å²) in [6.07, 6.45) is 1.37. The fraction of sp³-hybridized carbons (Fsp3) is 0.700. The lowest BCUT2D eigenvalue weighted by molar-refractivity contribution is -0.149. The van der Waals surface area contributed by atoms with Gasteiger partial charge in [0.25, 0.3) is 0 Å². The summed E-state index contributed by atoms with van der Waals surface area (Å²) in [7, 11) is 1.72. The van der Waals surface area contributed by atoms with E-state index in [2.05, 4.69) is 11.9 Å². The van der Waals surface area contributed by atoms with Crippen molar-refractivity contribution in [3.8, 4) is 0 Å². The van der Waals surface area contributed by atoms with E-state index >= 15 is 0 Å². The van der Waals surface area contributed by atoms with Crippen LogP contribution in [-0.4, -0.2) is 24.6 Å². The van der Waals surface area contributed by atoms with E-state index in [0.29, 0.717) is 0 Å². The summed E-state index contributed by atoms with van der Waals surface area (Å²) in [5.74, 6) is -0.361. The molecule has 14 heavy (non-hydrogen) atoms. The first-order chi connectivity index (χ1) is 6.32. The third kappa shape index (κ3) is 4.11. The van der Waals surface area contributed by atoms with Crippen LogP contribution in [0.25, 0.3) is 0 Å². The number of nitrogens with one attached hydrogen (secondary N) is 1. The fourth-order valence-corrected chi connectivity index (χ4v) is 1.22. The molecule has 0 aliphatic heterocycles. The van der Waals surface area contributed by atoms with Gasteiger partial charge in [0.15, 0.2) is 5.56 Å². The number of esters is 1. The first kappa shape index (κ1) is 13.5. The van der Waals surface area contributed by atoms with E-state index in [9.17, 15) is 4.79 Å². The van der Waals surface area contributed by atoms with Crippen molar-refractivity contribution in [2.24, 2.45) is 5.41 Å². The molecule has 3 nitrogen and oxygen atoms in total. The molecule has 0 spiro atoms. The molecule has 0 radical (unpaired) electrons. The molecule has 0 bridgehead atoms. The molecule has 4 heteroatoms. The zero-order chi connectivity index (χ0) is 11.4. The quantitative estimate of drug-likeness (QED) is 0.446. The molecule has 0 saturated heterocycles. The first-order valence-corrected chi connectivity index (χ1v) is 4.91. The van der Waals surface area contributed by atoms with E-state index in [1.165, 1.54) is 6.08 Å². The zero-order valence-corrected chi connectivity index (χ0v) is 9.89. The molecule has 2 atom stereocenters. The Labute approximate surface area is 90.5 Å². The Bertz CT molecular complexity index is 211. The first-order valence-electron chi connectivity index (χ1n) is 4.47. The normalized spacial score (nSPS) is 15.8. The van der Waals surface area contributed by atoms with Crippen molar-refractivity contribution in [2.45, 2.75) is 32.4 Å². The summed E-state index contributed by atoms with van der Waals surface area (Å²) in [4.78, 5) is 11.6. The van der Waals surface area contributed by atoms with Crippen molar-refractivity contribution in [3.05, 3.63) is 12.7 Å². The summed E-state index contributed by atoms with van der Waals surface area (Å²) >= 11 is 5.62. The molecular weight excluding hydrogens is 202 g/mol. The number of hydrogen-bond acceptors (Lipinski definition) is 3. The second-order valence-corrected chi connectivity index (χ2v) is 4.54. The largest absolute Gasteiger partial charge is 0.441 e. The van der Waals surface area contributed by atoms with Gasteiger partial charge in [0.2, 0.25) is 0 Å². The van der Waals surface area contributed by atoms with Crippen LogP contribution in [-0.2, 0) is 9.53 Å². The molecular formula is C10H18ClNO2. The molecule has 1 N–H and O–H groups in total. The average molecular weight is 220 g/mol. The van der Waals surface area contributed by atoms with Gasteiger partial charge in [-0.1, -0.05) is 39.0 Å². The highest BCUT2D eigenvalue weighted by Gasteiger charge is 2.31. The molecule has 0 aliphatic carbocycles. The topological polar surface area (TPSA) is 38.3 Å². The van der Waals surface area contributed by atoms with E-state index in [1.54, 1.807) is 7.05 Å². The Kier molecular flexibility index (Phi) is 5.16. The van der Waals surface area contributed by atoms with Gasteiger partial charge in [-0.05, 0) is 18.5 Å². The van der Waals surface area contributed by atoms with Gasteiger partial charge < -0.3 is 10.1 Å². The minimum absolute atomic E-state index is 0.205. The van der Waals surface area contributed by atoms with E-state index < -0.39 is 5.56 Å². The summed E-state index contributed by atoms with van der Waals surface area (Å²) < 4.78 is 4.92. The van der Waals surface area contributed by atoms with Gasteiger partial charge in [-0.2, -0.15) is 0 Å². The second-order valence-electron chi connectivity index (χ2n) is 4.11. The maximum atomic E-state index is 11.6. The summed E-state index contributed by atoms with van der Waals surface area (Å²) in [6.45, 7) is 9.28. The predicted octanol–water partition coefficient (Wildman–Crippen LogP) is 1.91. The predicted molar refractivity (Wildman–Crippen MR) is 58.2 cm³/mol. The zero-order valence-electron chi connectivity index (χ0n) is 9.13. The monoisotopic (exact) mass is 219 g/mol. The van der Waals surface area contributed by atoms with Gasteiger partial charge in [0, 0.05) is 0 Å². The minimum atomic E-state index is -0.763. The molecule has 0 amide bonds. The van der Waals surface area contributed by atoms with Crippen molar-refractivity contribution < 1.29 is 9.53 Å². The number of likely N-dealkylation sites (N-methyl/N-ethyl adjacent to an activating group) is 1. The Morgan fingerprint density at radius 1 is 1.57 bits per heavy atom. The van der Waals surface area contributed by atoms with Crippen LogP contribution in [0, 0.1) is 5.41 Å². The SMILES string of the molecule is C=CC(Cl)OC(=O)C(NC)C(C)(C)C. The third-order valence-corrected chi connectivity index (χ3v) is 2.07. The Morgan fingerprint density at radius 3 is 2.36 bits per heavy atom. The summed E-state index contributed by atoms with van der Waals surface area (Å²) in [5.41, 5.74) is -0.968. The molecule has 82 valence electrons. The second kappa shape index (κ2) is 5.37. The van der Waals surface area contributed by atoms with Crippen molar-refractivity contribution >= 4 is 17.6 Å². The van der Waals surface area contributed by atoms with Crippen molar-refractivity contribution in [2.75, 3.05) is 7.05 Å². The van der Waals surface area contributed by atoms with Gasteiger partial charge >= 0.3 is 5.97 Å². The minimum Gasteiger partial charge on any atom is -0.441 e. The van der Waals surface area contributed by atoms with Crippen molar-refractivity contribution in [1.82, 2.24) is 5.32 Å². The van der Waals surface area contributed by atoms with Crippen LogP contribution in [0.15, 0.2) is 12.7 Å². The molecule has 2 unspecified atom stereocenters. The highest BCUT2D eigenvalue weighted by atomic mass is 35.5. The average Bonchev–Trinajstić information content (AvgIpc) is 2.02. The maximum absolute atomic E-state index is 11.6. The highest BCUT2D eigenvalue weighted by Crippen LogP contribution is 2.20. The van der Waals surface area contributed by atoms with Gasteiger partial charge in [-0.15, -0.1) is 0 Å². The van der Waals surface area contributed by atoms with Crippen LogP contribution in [0.4, 0.5) is 0 Å². The number of rotatable bonds is 4.